The largest absolute Gasteiger partial charge is 0.389 e. The van der Waals surface area contributed by atoms with E-state index in [1.54, 1.807) is 13.0 Å². The van der Waals surface area contributed by atoms with Gasteiger partial charge in [-0.25, -0.2) is 4.39 Å². The molecule has 0 saturated carbocycles. The molecule has 2 nitrogen and oxygen atoms in total. The summed E-state index contributed by atoms with van der Waals surface area (Å²) in [5.41, 5.74) is 1.65. The summed E-state index contributed by atoms with van der Waals surface area (Å²) in [4.78, 5) is 2.15. The Bertz CT molecular complexity index is 440. The fourth-order valence-corrected chi connectivity index (χ4v) is 3.01. The Morgan fingerprint density at radius 2 is 2.05 bits per heavy atom. The summed E-state index contributed by atoms with van der Waals surface area (Å²) in [5.74, 6) is -0.221. The zero-order valence-corrected chi connectivity index (χ0v) is 12.1. The van der Waals surface area contributed by atoms with Crippen molar-refractivity contribution in [1.29, 1.82) is 0 Å². The number of anilines is 1. The van der Waals surface area contributed by atoms with Gasteiger partial charge in [0.15, 0.2) is 0 Å². The quantitative estimate of drug-likeness (QED) is 0.892. The van der Waals surface area contributed by atoms with E-state index in [0.717, 1.165) is 32.4 Å². The zero-order chi connectivity index (χ0) is 14.0. The van der Waals surface area contributed by atoms with E-state index < -0.39 is 6.10 Å². The molecular formula is C16H24FNO. The molecule has 106 valence electrons. The molecular weight excluding hydrogens is 241 g/mol. The van der Waals surface area contributed by atoms with Crippen molar-refractivity contribution in [3.63, 3.8) is 0 Å². The number of aliphatic hydroxyl groups excluding tert-OH is 1. The van der Waals surface area contributed by atoms with Gasteiger partial charge in [0.2, 0.25) is 0 Å². The molecule has 0 spiro atoms. The summed E-state index contributed by atoms with van der Waals surface area (Å²) >= 11 is 0. The van der Waals surface area contributed by atoms with Crippen molar-refractivity contribution in [3.05, 3.63) is 29.6 Å². The van der Waals surface area contributed by atoms with Crippen LogP contribution in [0.15, 0.2) is 18.2 Å². The monoisotopic (exact) mass is 265 g/mol. The molecule has 19 heavy (non-hydrogen) atoms. The van der Waals surface area contributed by atoms with Gasteiger partial charge < -0.3 is 10.0 Å². The van der Waals surface area contributed by atoms with Crippen LogP contribution in [0, 0.1) is 11.2 Å². The maximum atomic E-state index is 14.2. The van der Waals surface area contributed by atoms with E-state index in [2.05, 4.69) is 18.7 Å². The van der Waals surface area contributed by atoms with Gasteiger partial charge in [-0.05, 0) is 49.3 Å². The number of hydrogen-bond acceptors (Lipinski definition) is 2. The van der Waals surface area contributed by atoms with Crippen LogP contribution in [0.2, 0.25) is 0 Å². The fourth-order valence-electron chi connectivity index (χ4n) is 3.01. The minimum absolute atomic E-state index is 0.221. The van der Waals surface area contributed by atoms with Crippen LogP contribution in [0.5, 0.6) is 0 Å². The summed E-state index contributed by atoms with van der Waals surface area (Å²) in [6, 6.07) is 5.08. The highest BCUT2D eigenvalue weighted by molar-refractivity contribution is 5.50. The normalized spacial score (nSPS) is 19.7. The minimum Gasteiger partial charge on any atom is -0.389 e. The van der Waals surface area contributed by atoms with Crippen molar-refractivity contribution >= 4 is 5.69 Å². The van der Waals surface area contributed by atoms with E-state index in [9.17, 15) is 9.50 Å². The third kappa shape index (κ3) is 2.76. The highest BCUT2D eigenvalue weighted by atomic mass is 19.1. The first-order valence-electron chi connectivity index (χ1n) is 7.24. The number of aliphatic hydroxyl groups is 1. The van der Waals surface area contributed by atoms with Crippen LogP contribution in [0.3, 0.4) is 0 Å². The Kier molecular flexibility index (Phi) is 4.14. The Balaban J connectivity index is 2.20. The van der Waals surface area contributed by atoms with Crippen LogP contribution in [0.1, 0.15) is 51.7 Å². The van der Waals surface area contributed by atoms with Crippen molar-refractivity contribution in [2.75, 3.05) is 18.0 Å². The van der Waals surface area contributed by atoms with E-state index in [1.807, 2.05) is 6.07 Å². The second kappa shape index (κ2) is 5.49. The number of rotatable bonds is 4. The lowest BCUT2D eigenvalue weighted by Gasteiger charge is -2.27. The Hall–Kier alpha value is -1.09. The van der Waals surface area contributed by atoms with E-state index in [0.29, 0.717) is 16.7 Å². The van der Waals surface area contributed by atoms with E-state index in [1.165, 1.54) is 6.07 Å². The molecule has 1 fully saturated rings. The summed E-state index contributed by atoms with van der Waals surface area (Å²) < 4.78 is 14.2. The Morgan fingerprint density at radius 1 is 1.37 bits per heavy atom. The fraction of sp³-hybridized carbons (Fsp3) is 0.625. The van der Waals surface area contributed by atoms with E-state index >= 15 is 0 Å². The Morgan fingerprint density at radius 3 is 2.53 bits per heavy atom. The van der Waals surface area contributed by atoms with Gasteiger partial charge >= 0.3 is 0 Å². The molecule has 0 radical (unpaired) electrons. The SMILES string of the molecule is CCC1(CC)CCN(c2ccc([C@@H](C)O)cc2F)C1. The average molecular weight is 265 g/mol. The lowest BCUT2D eigenvalue weighted by atomic mass is 9.82. The summed E-state index contributed by atoms with van der Waals surface area (Å²) in [6.45, 7) is 7.96. The highest BCUT2D eigenvalue weighted by Crippen LogP contribution is 2.39. The predicted molar refractivity (Wildman–Crippen MR) is 76.9 cm³/mol. The van der Waals surface area contributed by atoms with Crippen LogP contribution in [0.4, 0.5) is 10.1 Å². The summed E-state index contributed by atoms with van der Waals surface area (Å²) in [7, 11) is 0. The second-order valence-corrected chi connectivity index (χ2v) is 5.77. The first-order valence-corrected chi connectivity index (χ1v) is 7.24. The molecule has 1 aliphatic heterocycles. The van der Waals surface area contributed by atoms with Crippen LogP contribution in [-0.2, 0) is 0 Å². The molecule has 0 bridgehead atoms. The van der Waals surface area contributed by atoms with Crippen molar-refractivity contribution in [1.82, 2.24) is 0 Å². The van der Waals surface area contributed by atoms with Gasteiger partial charge in [-0.3, -0.25) is 0 Å². The first kappa shape index (κ1) is 14.3. The predicted octanol–water partition coefficient (Wildman–Crippen LogP) is 3.90. The maximum Gasteiger partial charge on any atom is 0.146 e. The van der Waals surface area contributed by atoms with Gasteiger partial charge in [-0.2, -0.15) is 0 Å². The van der Waals surface area contributed by atoms with Crippen molar-refractivity contribution < 1.29 is 9.50 Å². The molecule has 1 saturated heterocycles. The van der Waals surface area contributed by atoms with Crippen molar-refractivity contribution in [3.8, 4) is 0 Å². The molecule has 0 aliphatic carbocycles. The van der Waals surface area contributed by atoms with Gasteiger partial charge in [0, 0.05) is 13.1 Å². The maximum absolute atomic E-state index is 14.2. The number of nitrogens with zero attached hydrogens (tertiary/aromatic N) is 1. The zero-order valence-electron chi connectivity index (χ0n) is 12.1. The molecule has 0 aromatic heterocycles. The standard InChI is InChI=1S/C16H24FNO/c1-4-16(5-2)8-9-18(11-16)15-7-6-13(12(3)19)10-14(15)17/h6-7,10,12,19H,4-5,8-9,11H2,1-3H3/t12-/m1/s1. The van der Waals surface area contributed by atoms with Gasteiger partial charge in [-0.15, -0.1) is 0 Å². The van der Waals surface area contributed by atoms with Crippen molar-refractivity contribution in [2.24, 2.45) is 5.41 Å². The lowest BCUT2D eigenvalue weighted by Crippen LogP contribution is -2.26. The topological polar surface area (TPSA) is 23.5 Å². The molecule has 0 amide bonds. The van der Waals surface area contributed by atoms with E-state index in [-0.39, 0.29) is 5.82 Å². The third-order valence-corrected chi connectivity index (χ3v) is 4.73. The number of hydrogen-bond donors (Lipinski definition) is 1. The van der Waals surface area contributed by atoms with Gasteiger partial charge in [0.1, 0.15) is 5.82 Å². The molecule has 2 rings (SSSR count). The molecule has 1 atom stereocenters. The molecule has 1 N–H and O–H groups in total. The molecule has 1 heterocycles. The van der Waals surface area contributed by atoms with E-state index in [4.69, 9.17) is 0 Å². The van der Waals surface area contributed by atoms with Crippen LogP contribution in [-0.4, -0.2) is 18.2 Å². The minimum atomic E-state index is -0.618. The highest BCUT2D eigenvalue weighted by Gasteiger charge is 2.35. The van der Waals surface area contributed by atoms with Gasteiger partial charge in [0.05, 0.1) is 11.8 Å². The lowest BCUT2D eigenvalue weighted by molar-refractivity contribution is 0.199. The van der Waals surface area contributed by atoms with Crippen LogP contribution >= 0.6 is 0 Å². The van der Waals surface area contributed by atoms with Crippen LogP contribution < -0.4 is 4.90 Å². The van der Waals surface area contributed by atoms with Crippen LogP contribution in [0.25, 0.3) is 0 Å². The number of benzene rings is 1. The summed E-state index contributed by atoms with van der Waals surface area (Å²) in [5, 5.41) is 9.48. The third-order valence-electron chi connectivity index (χ3n) is 4.73. The average Bonchev–Trinajstić information content (AvgIpc) is 2.83. The molecule has 1 aliphatic rings. The second-order valence-electron chi connectivity index (χ2n) is 5.77. The smallest absolute Gasteiger partial charge is 0.146 e. The van der Waals surface area contributed by atoms with Crippen molar-refractivity contribution in [2.45, 2.75) is 46.1 Å². The molecule has 3 heteroatoms. The van der Waals surface area contributed by atoms with Gasteiger partial charge in [0.25, 0.3) is 0 Å². The number of halogens is 1. The van der Waals surface area contributed by atoms with Gasteiger partial charge in [-0.1, -0.05) is 19.9 Å². The molecule has 1 aromatic rings. The molecule has 0 unspecified atom stereocenters. The summed E-state index contributed by atoms with van der Waals surface area (Å²) in [6.07, 6.45) is 2.81. The first-order chi connectivity index (χ1) is 9.01. The Labute approximate surface area is 115 Å². The molecule has 1 aromatic carbocycles.